The molecule has 5 nitrogen and oxygen atoms in total. The van der Waals surface area contributed by atoms with Gasteiger partial charge in [0.2, 0.25) is 0 Å². The maximum atomic E-state index is 12.5. The van der Waals surface area contributed by atoms with Crippen molar-refractivity contribution in [1.29, 1.82) is 0 Å². The minimum absolute atomic E-state index is 0.0381. The van der Waals surface area contributed by atoms with Crippen LogP contribution < -0.4 is 5.69 Å². The van der Waals surface area contributed by atoms with Crippen molar-refractivity contribution < 1.29 is 4.74 Å². The Hall–Kier alpha value is -1.59. The average Bonchev–Trinajstić information content (AvgIpc) is 2.97. The van der Waals surface area contributed by atoms with Crippen molar-refractivity contribution in [3.63, 3.8) is 0 Å². The van der Waals surface area contributed by atoms with Crippen molar-refractivity contribution >= 4 is 11.0 Å². The van der Waals surface area contributed by atoms with Crippen LogP contribution in [0.1, 0.15) is 50.1 Å². The van der Waals surface area contributed by atoms with Crippen LogP contribution in [0.15, 0.2) is 23.0 Å². The smallest absolute Gasteiger partial charge is 0.326 e. The van der Waals surface area contributed by atoms with Crippen LogP contribution in [0.3, 0.4) is 0 Å². The summed E-state index contributed by atoms with van der Waals surface area (Å²) in [6.45, 7) is 4.24. The molecule has 25 heavy (non-hydrogen) atoms. The largest absolute Gasteiger partial charge is 0.381 e. The quantitative estimate of drug-likeness (QED) is 0.931. The first kappa shape index (κ1) is 16.9. The first-order chi connectivity index (χ1) is 12.2. The van der Waals surface area contributed by atoms with E-state index in [-0.39, 0.29) is 5.69 Å². The van der Waals surface area contributed by atoms with Gasteiger partial charge in [0, 0.05) is 32.3 Å². The highest BCUT2D eigenvalue weighted by molar-refractivity contribution is 5.76. The van der Waals surface area contributed by atoms with Gasteiger partial charge in [0.15, 0.2) is 0 Å². The lowest BCUT2D eigenvalue weighted by Gasteiger charge is -2.41. The third kappa shape index (κ3) is 3.27. The molecule has 2 aliphatic rings. The summed E-state index contributed by atoms with van der Waals surface area (Å²) < 4.78 is 7.59. The van der Waals surface area contributed by atoms with Crippen LogP contribution in [0.25, 0.3) is 11.0 Å². The van der Waals surface area contributed by atoms with Crippen LogP contribution in [-0.4, -0.2) is 46.8 Å². The van der Waals surface area contributed by atoms with Gasteiger partial charge in [-0.1, -0.05) is 6.07 Å². The standard InChI is InChI=1S/C20H29N3O2/c1-14-6-7-18-19(12-14)23(20(24)21-18)15-8-10-22(11-9-15)16-4-3-5-17(13-16)25-2/h6-7,12,15-17H,3-5,8-11,13H2,1-2H3,(H,21,24). The van der Waals surface area contributed by atoms with E-state index in [4.69, 9.17) is 4.74 Å². The van der Waals surface area contributed by atoms with Gasteiger partial charge in [0.1, 0.15) is 0 Å². The number of aromatic amines is 1. The summed E-state index contributed by atoms with van der Waals surface area (Å²) in [5, 5.41) is 0. The summed E-state index contributed by atoms with van der Waals surface area (Å²) >= 11 is 0. The topological polar surface area (TPSA) is 50.3 Å². The molecule has 0 radical (unpaired) electrons. The van der Waals surface area contributed by atoms with E-state index in [0.29, 0.717) is 18.2 Å². The van der Waals surface area contributed by atoms with Gasteiger partial charge in [-0.2, -0.15) is 0 Å². The lowest BCUT2D eigenvalue weighted by atomic mass is 9.90. The zero-order valence-corrected chi connectivity index (χ0v) is 15.3. The van der Waals surface area contributed by atoms with Gasteiger partial charge >= 0.3 is 5.69 Å². The first-order valence-electron chi connectivity index (χ1n) is 9.63. The van der Waals surface area contributed by atoms with E-state index >= 15 is 0 Å². The second-order valence-electron chi connectivity index (χ2n) is 7.77. The molecule has 2 heterocycles. The third-order valence-corrected chi connectivity index (χ3v) is 6.19. The second-order valence-corrected chi connectivity index (χ2v) is 7.77. The number of H-pyrrole nitrogens is 1. The molecular weight excluding hydrogens is 314 g/mol. The number of methoxy groups -OCH3 is 1. The van der Waals surface area contributed by atoms with Gasteiger partial charge in [-0.05, 0) is 63.1 Å². The number of nitrogens with zero attached hydrogens (tertiary/aromatic N) is 2. The molecular formula is C20H29N3O2. The van der Waals surface area contributed by atoms with E-state index in [2.05, 4.69) is 28.9 Å². The molecule has 4 rings (SSSR count). The molecule has 0 bridgehead atoms. The van der Waals surface area contributed by atoms with Crippen molar-refractivity contribution in [2.45, 2.75) is 63.6 Å². The third-order valence-electron chi connectivity index (χ3n) is 6.19. The molecule has 2 aromatic rings. The maximum Gasteiger partial charge on any atom is 0.326 e. The molecule has 1 N–H and O–H groups in total. The lowest BCUT2D eigenvalue weighted by Crippen LogP contribution is -2.45. The van der Waals surface area contributed by atoms with Crippen molar-refractivity contribution in [3.8, 4) is 0 Å². The molecule has 1 aliphatic carbocycles. The summed E-state index contributed by atoms with van der Waals surface area (Å²) in [5.74, 6) is 0. The van der Waals surface area contributed by atoms with Gasteiger partial charge in [-0.3, -0.25) is 4.57 Å². The number of piperidine rings is 1. The van der Waals surface area contributed by atoms with E-state index in [1.165, 1.54) is 24.8 Å². The highest BCUT2D eigenvalue weighted by Crippen LogP contribution is 2.31. The predicted octanol–water partition coefficient (Wildman–Crippen LogP) is 3.23. The molecule has 1 aromatic heterocycles. The normalized spacial score (nSPS) is 26.3. The fourth-order valence-corrected chi connectivity index (χ4v) is 4.77. The Bertz CT molecular complexity index is 786. The Morgan fingerprint density at radius 3 is 2.68 bits per heavy atom. The van der Waals surface area contributed by atoms with Crippen LogP contribution in [-0.2, 0) is 4.74 Å². The fraction of sp³-hybridized carbons (Fsp3) is 0.650. The first-order valence-corrected chi connectivity index (χ1v) is 9.63. The van der Waals surface area contributed by atoms with Crippen molar-refractivity contribution in [2.75, 3.05) is 20.2 Å². The number of rotatable bonds is 3. The number of likely N-dealkylation sites (tertiary alicyclic amines) is 1. The minimum Gasteiger partial charge on any atom is -0.381 e. The van der Waals surface area contributed by atoms with Crippen LogP contribution in [0.4, 0.5) is 0 Å². The Labute approximate surface area is 149 Å². The Balaban J connectivity index is 1.48. The predicted molar refractivity (Wildman–Crippen MR) is 100 cm³/mol. The van der Waals surface area contributed by atoms with Crippen molar-refractivity contribution in [2.24, 2.45) is 0 Å². The molecule has 2 atom stereocenters. The van der Waals surface area contributed by atoms with Gasteiger partial charge in [-0.25, -0.2) is 4.79 Å². The minimum atomic E-state index is 0.0381. The molecule has 0 amide bonds. The van der Waals surface area contributed by atoms with Gasteiger partial charge in [0.25, 0.3) is 0 Å². The monoisotopic (exact) mass is 343 g/mol. The maximum absolute atomic E-state index is 12.5. The Morgan fingerprint density at radius 2 is 1.92 bits per heavy atom. The highest BCUT2D eigenvalue weighted by atomic mass is 16.5. The average molecular weight is 343 g/mol. The molecule has 1 aliphatic heterocycles. The van der Waals surface area contributed by atoms with Crippen LogP contribution in [0.2, 0.25) is 0 Å². The van der Waals surface area contributed by atoms with Gasteiger partial charge < -0.3 is 14.6 Å². The summed E-state index contributed by atoms with van der Waals surface area (Å²) in [6, 6.07) is 7.16. The Morgan fingerprint density at radius 1 is 1.12 bits per heavy atom. The molecule has 5 heteroatoms. The van der Waals surface area contributed by atoms with E-state index < -0.39 is 0 Å². The number of nitrogens with one attached hydrogen (secondary N) is 1. The fourth-order valence-electron chi connectivity index (χ4n) is 4.77. The van der Waals surface area contributed by atoms with E-state index in [0.717, 1.165) is 43.4 Å². The summed E-state index contributed by atoms with van der Waals surface area (Å²) in [5.41, 5.74) is 3.25. The number of aromatic nitrogens is 2. The van der Waals surface area contributed by atoms with Crippen LogP contribution in [0, 0.1) is 6.92 Å². The summed E-state index contributed by atoms with van der Waals surface area (Å²) in [4.78, 5) is 18.1. The molecule has 1 aromatic carbocycles. The van der Waals surface area contributed by atoms with E-state index in [9.17, 15) is 4.79 Å². The van der Waals surface area contributed by atoms with Crippen LogP contribution in [0.5, 0.6) is 0 Å². The molecule has 2 fully saturated rings. The molecule has 2 unspecified atom stereocenters. The van der Waals surface area contributed by atoms with Crippen LogP contribution >= 0.6 is 0 Å². The molecule has 1 saturated heterocycles. The molecule has 0 spiro atoms. The number of hydrogen-bond donors (Lipinski definition) is 1. The Kier molecular flexibility index (Phi) is 4.69. The number of aryl methyl sites for hydroxylation is 1. The number of hydrogen-bond acceptors (Lipinski definition) is 3. The molecule has 1 saturated carbocycles. The highest BCUT2D eigenvalue weighted by Gasteiger charge is 2.31. The van der Waals surface area contributed by atoms with Gasteiger partial charge in [0.05, 0.1) is 17.1 Å². The van der Waals surface area contributed by atoms with Crippen molar-refractivity contribution in [1.82, 2.24) is 14.5 Å². The van der Waals surface area contributed by atoms with Crippen molar-refractivity contribution in [3.05, 3.63) is 34.2 Å². The second kappa shape index (κ2) is 6.96. The number of imidazole rings is 1. The lowest BCUT2D eigenvalue weighted by molar-refractivity contribution is 0.0184. The van der Waals surface area contributed by atoms with E-state index in [1.54, 1.807) is 0 Å². The number of fused-ring (bicyclic) bond motifs is 1. The molecule has 136 valence electrons. The summed E-state index contributed by atoms with van der Waals surface area (Å²) in [6.07, 6.45) is 7.45. The van der Waals surface area contributed by atoms with Gasteiger partial charge in [-0.15, -0.1) is 0 Å². The number of ether oxygens (including phenoxy) is 1. The summed E-state index contributed by atoms with van der Waals surface area (Å²) in [7, 11) is 1.84. The zero-order chi connectivity index (χ0) is 17.4. The van der Waals surface area contributed by atoms with E-state index in [1.807, 2.05) is 17.7 Å². The number of benzene rings is 1. The SMILES string of the molecule is COC1CCCC(N2CCC(n3c(=O)[nH]c4ccc(C)cc43)CC2)C1. The zero-order valence-electron chi connectivity index (χ0n) is 15.3.